The molecule has 5 fully saturated rings. The summed E-state index contributed by atoms with van der Waals surface area (Å²) in [5.74, 6) is -0.968. The zero-order valence-corrected chi connectivity index (χ0v) is 70.4. The number of rotatable bonds is 42. The van der Waals surface area contributed by atoms with Gasteiger partial charge in [0.05, 0.1) is 121 Å². The van der Waals surface area contributed by atoms with E-state index in [2.05, 4.69) is 56.1 Å². The molecule has 116 heavy (non-hydrogen) atoms. The van der Waals surface area contributed by atoms with E-state index in [0.717, 1.165) is 19.9 Å². The summed E-state index contributed by atoms with van der Waals surface area (Å²) in [5.41, 5.74) is 17.4. The Hall–Kier alpha value is -5.49. The number of nitrogens with one attached hydrogen (secondary N) is 4. The van der Waals surface area contributed by atoms with Gasteiger partial charge in [-0.3, -0.25) is 61.5 Å². The zero-order valence-electron chi connectivity index (χ0n) is 61.9. The number of hydrogen-bond donors (Lipinski definition) is 9. The number of nitrogens with two attached hydrogens (primary N) is 4. The third-order valence-electron chi connectivity index (χ3n) is 18.6. The van der Waals surface area contributed by atoms with E-state index in [4.69, 9.17) is 149 Å². The average Bonchev–Trinajstić information content (AvgIpc) is 1.63. The normalized spacial score (nSPS) is 27.0. The predicted molar refractivity (Wildman–Crippen MR) is 418 cm³/mol. The van der Waals surface area contributed by atoms with Crippen molar-refractivity contribution in [1.82, 2.24) is 63.0 Å². The van der Waals surface area contributed by atoms with Crippen molar-refractivity contribution in [2.45, 2.75) is 145 Å². The third-order valence-corrected chi connectivity index (χ3v) is 26.3. The maximum atomic E-state index is 14.9. The molecule has 5 aliphatic heterocycles. The second-order valence-corrected chi connectivity index (χ2v) is 38.9. The second-order valence-electron chi connectivity index (χ2n) is 27.0. The Balaban J connectivity index is 0.801. The van der Waals surface area contributed by atoms with Crippen LogP contribution in [-0.4, -0.2) is 216 Å². The first kappa shape index (κ1) is 91.3. The highest BCUT2D eigenvalue weighted by Gasteiger charge is 2.48. The summed E-state index contributed by atoms with van der Waals surface area (Å²) in [6, 6.07) is 2.74. The lowest BCUT2D eigenvalue weighted by Gasteiger charge is -2.35. The molecule has 6 aromatic rings. The van der Waals surface area contributed by atoms with Crippen LogP contribution >= 0.6 is 42.9 Å². The molecule has 9 unspecified atom stereocenters. The molecular formula is C61H85BrN17O29P4S4-3. The smallest absolute Gasteiger partial charge is 0.351 e. The average molecular weight is 1850 g/mol. The maximum absolute atomic E-state index is 14.9. The van der Waals surface area contributed by atoms with Gasteiger partial charge < -0.3 is 134 Å². The number of aliphatic hydroxyl groups is 1. The van der Waals surface area contributed by atoms with E-state index in [0.29, 0.717) is 19.6 Å². The quantitative estimate of drug-likeness (QED) is 0.0119. The van der Waals surface area contributed by atoms with E-state index < -0.39 is 179 Å². The number of imidazole rings is 1. The molecule has 6 aromatic heterocycles. The molecular weight excluding hydrogens is 1770 g/mol. The summed E-state index contributed by atoms with van der Waals surface area (Å²) in [5, 5.41) is 12.9. The van der Waals surface area contributed by atoms with Gasteiger partial charge in [-0.25, -0.2) is 24.2 Å². The topological polar surface area (TPSA) is 617 Å². The number of carbonyl (C=O) groups is 1. The molecule has 5 saturated heterocycles. The molecule has 0 radical (unpaired) electrons. The predicted octanol–water partition coefficient (Wildman–Crippen LogP) is -1.56. The van der Waals surface area contributed by atoms with Crippen molar-refractivity contribution in [2.75, 3.05) is 110 Å². The van der Waals surface area contributed by atoms with Gasteiger partial charge >= 0.3 is 29.5 Å². The SMILES string of the molecule is Cc1cn([C@H]2CC(OP(=S)(OCCOCCOCCNC(=O)CCOCCN)OC[C@H]3O[C@@H](n4ccc(N)nc4=O)CC3C(C)C)[C@@H](COP([O-])(=S)OC3C[C@H](n4cnc5c(=O)[nH]c(N)nc54)O[C@@H]3COP(=O)([S-])OC3C[C@H](n4ccc(N)nc4=O)O[C@@H]3COP([O-])(=S)OC3C[C@H](n4cc(Br)c(=O)[nH]c4=O)O[C@@H]3CO)O2)c(=O)[nH]c1=O. The molecule has 0 aromatic carbocycles. The molecule has 55 heteroatoms. The molecule has 0 spiro atoms. The van der Waals surface area contributed by atoms with Crippen molar-refractivity contribution in [2.24, 2.45) is 17.6 Å². The Morgan fingerprint density at radius 2 is 1.11 bits per heavy atom. The van der Waals surface area contributed by atoms with Crippen molar-refractivity contribution in [3.05, 3.63) is 126 Å². The van der Waals surface area contributed by atoms with E-state index in [9.17, 15) is 57.8 Å². The summed E-state index contributed by atoms with van der Waals surface area (Å²) in [4.78, 5) is 154. The van der Waals surface area contributed by atoms with Gasteiger partial charge in [-0.2, -0.15) is 15.0 Å². The Morgan fingerprint density at radius 1 is 0.621 bits per heavy atom. The highest BCUT2D eigenvalue weighted by atomic mass is 79.9. The minimum Gasteiger partial charge on any atom is -0.780 e. The van der Waals surface area contributed by atoms with Crippen LogP contribution in [-0.2, 0) is 136 Å². The molecule has 11 rings (SSSR count). The van der Waals surface area contributed by atoms with Gasteiger partial charge in [-0.15, -0.1) is 0 Å². The Morgan fingerprint density at radius 3 is 1.70 bits per heavy atom. The van der Waals surface area contributed by atoms with Gasteiger partial charge in [0.25, 0.3) is 16.7 Å². The van der Waals surface area contributed by atoms with Crippen molar-refractivity contribution in [3.63, 3.8) is 0 Å². The molecule has 0 bridgehead atoms. The highest BCUT2D eigenvalue weighted by Crippen LogP contribution is 2.57. The number of aliphatic hydroxyl groups excluding tert-OH is 1. The van der Waals surface area contributed by atoms with Crippen LogP contribution in [0.25, 0.3) is 11.2 Å². The van der Waals surface area contributed by atoms with Gasteiger partial charge in [-0.05, 0) is 65.0 Å². The van der Waals surface area contributed by atoms with E-state index in [1.54, 1.807) is 0 Å². The maximum Gasteiger partial charge on any atom is 0.351 e. The number of H-pyrrole nitrogens is 3. The molecule has 19 atom stereocenters. The molecule has 46 nitrogen and oxygen atoms in total. The molecule has 1 amide bonds. The fourth-order valence-corrected chi connectivity index (χ4v) is 19.8. The van der Waals surface area contributed by atoms with Gasteiger partial charge in [0, 0.05) is 75.5 Å². The first-order chi connectivity index (χ1) is 55.1. The van der Waals surface area contributed by atoms with Crippen LogP contribution in [0.5, 0.6) is 0 Å². The number of aryl methyl sites for hydroxylation is 1. The number of carbonyl (C=O) groups excluding carboxylic acids is 1. The van der Waals surface area contributed by atoms with E-state index in [-0.39, 0.29) is 141 Å². The van der Waals surface area contributed by atoms with Crippen LogP contribution in [0.3, 0.4) is 0 Å². The van der Waals surface area contributed by atoms with E-state index in [1.807, 2.05) is 13.8 Å². The van der Waals surface area contributed by atoms with Crippen LogP contribution in [0.2, 0.25) is 0 Å². The highest BCUT2D eigenvalue weighted by molar-refractivity contribution is 9.10. The van der Waals surface area contributed by atoms with Crippen molar-refractivity contribution >= 4 is 125 Å². The number of anilines is 3. The van der Waals surface area contributed by atoms with E-state index in [1.165, 1.54) is 53.1 Å². The number of aromatic amines is 3. The van der Waals surface area contributed by atoms with Crippen LogP contribution in [0, 0.1) is 18.8 Å². The summed E-state index contributed by atoms with van der Waals surface area (Å²) in [6.07, 6.45) is -12.0. The lowest BCUT2D eigenvalue weighted by molar-refractivity contribution is -0.216. The lowest BCUT2D eigenvalue weighted by atomic mass is 9.89. The standard InChI is InChI=1S/C61H88BrN17O29P4S4/c1-31(2)33-18-47(75-9-4-44(64)69-58(75)85)101-40(33)26-99-112(116,95-17-16-94-15-14-93-13-8-67-46(81)6-11-92-12-7-63)108-38-22-49(77-23-32(3)54(82)73-60(77)87)103-43(38)29-98-111(91,115)107-37-21-51(79-30-68-52-53(79)71-57(66)72-56(52)84)104-42(37)28-97-110(90,114)106-36-20-48(76-10-5-45(65)70-59(76)86)102-41(36)27-96-109(89,113)105-35-19-50(100-39(35)25-80)78-24-34(62)55(83)74-61(78)88/h4-5,9-10,23-24,30-31,33,35-43,47-51,80H,6-8,11-22,25-29,63H2,1-3H3,(H,67,81)(H,89,113)(H,90,114)(H,91,115)(H2,64,69,85)(H2,65,70,86)(H,73,82,87)(H,74,83,88)(H3,66,71,72,84)/p-3/t33?,35?,36?,37?,38?,39-,40-,41-,42-,43-,47-,48-,49-,50-,51-,109?,110?,111?,112?/m1/s1. The Bertz CT molecular complexity index is 5090. The lowest BCUT2D eigenvalue weighted by Crippen LogP contribution is -2.34. The van der Waals surface area contributed by atoms with Crippen LogP contribution in [0.15, 0.2) is 81.3 Å². The zero-order chi connectivity index (χ0) is 83.6. The molecule has 0 aliphatic carbocycles. The summed E-state index contributed by atoms with van der Waals surface area (Å²) in [6.45, 7) is -15.5. The largest absolute Gasteiger partial charge is 0.780 e. The number of aromatic nitrogens is 12. The third kappa shape index (κ3) is 24.2. The number of halogens is 1. The van der Waals surface area contributed by atoms with Gasteiger partial charge in [0.1, 0.15) is 80.6 Å². The number of nitrogen functional groups attached to an aromatic ring is 3. The Labute approximate surface area is 685 Å². The fraction of sp³-hybridized carbons (Fsp3) is 0.639. The van der Waals surface area contributed by atoms with Gasteiger partial charge in [-0.1, -0.05) is 37.5 Å². The fourth-order valence-electron chi connectivity index (χ4n) is 13.0. The molecule has 0 saturated carbocycles. The first-order valence-corrected chi connectivity index (χ1v) is 46.9. The van der Waals surface area contributed by atoms with Crippen molar-refractivity contribution in [3.8, 4) is 0 Å². The summed E-state index contributed by atoms with van der Waals surface area (Å²) < 4.78 is 123. The van der Waals surface area contributed by atoms with Crippen molar-refractivity contribution < 1.29 is 103 Å². The monoisotopic (exact) mass is 1850 g/mol. The van der Waals surface area contributed by atoms with Crippen molar-refractivity contribution in [1.29, 1.82) is 0 Å². The number of hydrogen-bond acceptors (Lipinski definition) is 41. The number of amides is 1. The summed E-state index contributed by atoms with van der Waals surface area (Å²) in [7, 11) is 0. The number of fused-ring (bicyclic) bond motifs is 1. The van der Waals surface area contributed by atoms with Gasteiger partial charge in [0.15, 0.2) is 18.0 Å². The second kappa shape index (κ2) is 40.5. The first-order valence-electron chi connectivity index (χ1n) is 35.9. The number of nitrogens with zero attached hydrogens (tertiary/aromatic N) is 9. The molecule has 5 aliphatic rings. The van der Waals surface area contributed by atoms with E-state index >= 15 is 0 Å². The van der Waals surface area contributed by atoms with Gasteiger partial charge in [0.2, 0.25) is 11.9 Å². The minimum absolute atomic E-state index is 0.00737. The van der Waals surface area contributed by atoms with Crippen LogP contribution in [0.1, 0.15) is 89.1 Å². The number of ether oxygens (including phenoxy) is 8. The molecule has 13 N–H and O–H groups in total. The molecule has 11 heterocycles. The van der Waals surface area contributed by atoms with Crippen LogP contribution in [0.4, 0.5) is 17.6 Å². The Kier molecular flexibility index (Phi) is 31.8. The van der Waals surface area contributed by atoms with Crippen LogP contribution < -0.4 is 77.5 Å². The summed E-state index contributed by atoms with van der Waals surface area (Å²) >= 11 is 25.6. The molecule has 642 valence electrons. The minimum atomic E-state index is -4.91.